The number of hydrogen-bond donors (Lipinski definition) is 7. The number of rotatable bonds is 23. The number of piperidine rings is 1. The van der Waals surface area contributed by atoms with Gasteiger partial charge in [-0.2, -0.15) is 0 Å². The molecule has 31 heteroatoms. The van der Waals surface area contributed by atoms with Gasteiger partial charge in [0, 0.05) is 61.3 Å². The van der Waals surface area contributed by atoms with Crippen LogP contribution < -0.4 is 32.3 Å². The highest BCUT2D eigenvalue weighted by molar-refractivity contribution is 6.00. The summed E-state index contributed by atoms with van der Waals surface area (Å²) >= 11 is 0. The number of unbranched alkanes of at least 4 members (excludes halogenated alkanes) is 1. The number of ether oxygens (including phenoxy) is 2. The third-order valence-corrected chi connectivity index (χ3v) is 19.1. The van der Waals surface area contributed by atoms with Gasteiger partial charge in [-0.3, -0.25) is 67.0 Å². The summed E-state index contributed by atoms with van der Waals surface area (Å²) in [7, 11) is 6.89. The lowest BCUT2D eigenvalue weighted by atomic mass is 9.97. The number of aliphatic hydroxyl groups is 1. The molecule has 2 aliphatic heterocycles. The number of hydrogen-bond acceptors (Lipinski definition) is 18. The first kappa shape index (κ1) is 91.1. The number of benzene rings is 1. The molecule has 0 saturated carbocycles. The van der Waals surface area contributed by atoms with Crippen molar-refractivity contribution in [3.63, 3.8) is 0 Å². The largest absolute Gasteiger partial charge is 0.438 e. The van der Waals surface area contributed by atoms with Crippen LogP contribution >= 0.6 is 0 Å². The predicted octanol–water partition coefficient (Wildman–Crippen LogP) is 3.15. The molecule has 1 unspecified atom stereocenters. The maximum Gasteiger partial charge on any atom is 0.438 e. The van der Waals surface area contributed by atoms with Crippen molar-refractivity contribution < 1.29 is 76.6 Å². The van der Waals surface area contributed by atoms with Crippen LogP contribution in [-0.2, 0) is 80.0 Å². The third-order valence-electron chi connectivity index (χ3n) is 19.1. The standard InChI is InChI=1S/C76H126N14O17/c1-21-22-31-90-41-63(93)84(16)56(35-46(4)5)65(94)80-55(43-106-76(13,14)15)71(100)88(20)60(38-49(10)11)73(102)87(19)57(36-47(6)7)66(95)78-53(72(101)89-32-27-24-28-33-89)40-62(92)77-52(34-45(2)3)69(98)86(18)59(39-51-29-25-23-26-30-51)67(96)79-54(42-105-44-61-81-75(104)107-83-61)70(99)85(17)58(37-48(8)9)68(97)82-64(50(12)91)74(90)103/h23,25-26,29-30,45-50,52-60,64,91H,21-22,24,27-28,31-44H2,1-20H3,(H,77,92)(H,78,95)(H,79,96)(H,80,94)(H,82,97)(H,81,83,104)/t50-,52-,53+,54?,55+,56+,57+,58+,59+,60+,64+/m1/s1. The number of aromatic amines is 1. The minimum Gasteiger partial charge on any atom is -0.391 e. The zero-order valence-electron chi connectivity index (χ0n) is 67.1. The number of aliphatic hydroxyl groups excluding tert-OH is 1. The molecular weight excluding hydrogens is 1380 g/mol. The van der Waals surface area contributed by atoms with Crippen LogP contribution in [-0.4, -0.2) is 267 Å². The molecule has 2 aromatic rings. The van der Waals surface area contributed by atoms with Gasteiger partial charge in [0.2, 0.25) is 70.9 Å². The Balaban J connectivity index is 2.04. The molecular formula is C76H126N14O17. The molecule has 1 aromatic carbocycles. The van der Waals surface area contributed by atoms with Gasteiger partial charge >= 0.3 is 5.76 Å². The topological polar surface area (TPSA) is 385 Å². The number of aromatic nitrogens is 2. The molecule has 107 heavy (non-hydrogen) atoms. The molecule has 0 radical (unpaired) electrons. The van der Waals surface area contributed by atoms with E-state index in [9.17, 15) is 24.3 Å². The zero-order chi connectivity index (χ0) is 80.5. The minimum absolute atomic E-state index is 0.00979. The number of nitrogens with one attached hydrogen (secondary N) is 6. The summed E-state index contributed by atoms with van der Waals surface area (Å²) < 4.78 is 16.8. The number of carbonyl (C=O) groups excluding carboxylic acids is 12. The maximum atomic E-state index is 15.4. The van der Waals surface area contributed by atoms with Gasteiger partial charge in [0.1, 0.15) is 67.0 Å². The first-order valence-electron chi connectivity index (χ1n) is 38.0. The normalized spacial score (nSPS) is 24.4. The maximum absolute atomic E-state index is 15.4. The van der Waals surface area contributed by atoms with Crippen molar-refractivity contribution in [2.24, 2.45) is 29.6 Å². The van der Waals surface area contributed by atoms with Crippen LogP contribution in [0.25, 0.3) is 0 Å². The molecule has 11 atom stereocenters. The van der Waals surface area contributed by atoms with Crippen LogP contribution in [0.5, 0.6) is 0 Å². The molecule has 0 spiro atoms. The van der Waals surface area contributed by atoms with E-state index in [2.05, 4.69) is 41.2 Å². The second-order valence-electron chi connectivity index (χ2n) is 31.9. The highest BCUT2D eigenvalue weighted by Gasteiger charge is 2.44. The lowest BCUT2D eigenvalue weighted by Crippen LogP contribution is -2.62. The van der Waals surface area contributed by atoms with E-state index in [-0.39, 0.29) is 80.5 Å². The van der Waals surface area contributed by atoms with Gasteiger partial charge in [-0.15, -0.1) is 0 Å². The Bertz CT molecular complexity index is 3330. The first-order chi connectivity index (χ1) is 50.1. The molecule has 12 amide bonds. The molecule has 602 valence electrons. The number of amides is 12. The summed E-state index contributed by atoms with van der Waals surface area (Å²) in [6, 6.07) is -5.84. The van der Waals surface area contributed by atoms with E-state index in [0.29, 0.717) is 44.3 Å². The summed E-state index contributed by atoms with van der Waals surface area (Å²) in [5.74, 6) is -11.7. The van der Waals surface area contributed by atoms with Gasteiger partial charge in [0.15, 0.2) is 5.82 Å². The van der Waals surface area contributed by atoms with Crippen molar-refractivity contribution >= 4 is 70.9 Å². The van der Waals surface area contributed by atoms with Crippen molar-refractivity contribution in [1.82, 2.24) is 71.0 Å². The summed E-state index contributed by atoms with van der Waals surface area (Å²) in [6.07, 6.45) is 0.732. The van der Waals surface area contributed by atoms with Crippen molar-refractivity contribution in [3.8, 4) is 0 Å². The van der Waals surface area contributed by atoms with Gasteiger partial charge in [-0.25, -0.2) is 4.79 Å². The Kier molecular flexibility index (Phi) is 36.6. The van der Waals surface area contributed by atoms with E-state index in [1.807, 2.05) is 62.3 Å². The van der Waals surface area contributed by atoms with Gasteiger partial charge in [-0.1, -0.05) is 118 Å². The molecule has 31 nitrogen and oxygen atoms in total. The Morgan fingerprint density at radius 1 is 0.561 bits per heavy atom. The van der Waals surface area contributed by atoms with Crippen molar-refractivity contribution in [2.75, 3.05) is 74.6 Å². The van der Waals surface area contributed by atoms with Gasteiger partial charge in [0.25, 0.3) is 0 Å². The summed E-state index contributed by atoms with van der Waals surface area (Å²) in [5, 5.41) is 29.1. The fourth-order valence-electron chi connectivity index (χ4n) is 13.0. The van der Waals surface area contributed by atoms with Gasteiger partial charge in [0.05, 0.1) is 37.9 Å². The number of nitrogens with zero attached hydrogens (tertiary/aromatic N) is 8. The van der Waals surface area contributed by atoms with E-state index in [4.69, 9.17) is 9.47 Å². The SMILES string of the molecule is CCCCN1CC(=O)N(C)[C@@H](CC(C)C)C(=O)N[C@@H](COC(C)(C)C)C(=O)N(C)[C@@H](CC(C)C)C(=O)N(C)[C@@H](CC(C)C)C(=O)N[C@H](C(=O)N2CCCCC2)CC(=O)N[C@H](CC(C)C)C(=O)N(C)[C@@H](Cc2ccccc2)C(=O)NC(COCc2noc(=O)[nH]2)C(=O)N(C)[C@@H](CC(C)C)C(=O)N[C@@H]([C@@H](C)O)C1=O. The Labute approximate surface area is 632 Å². The Hall–Kier alpha value is -8.32. The lowest BCUT2D eigenvalue weighted by molar-refractivity contribution is -0.152. The molecule has 0 bridgehead atoms. The van der Waals surface area contributed by atoms with Crippen molar-refractivity contribution in [3.05, 3.63) is 52.3 Å². The highest BCUT2D eigenvalue weighted by atomic mass is 16.5. The fourth-order valence-corrected chi connectivity index (χ4v) is 13.0. The summed E-state index contributed by atoms with van der Waals surface area (Å²) in [6.45, 7) is 25.1. The van der Waals surface area contributed by atoms with Crippen molar-refractivity contribution in [1.29, 1.82) is 0 Å². The molecule has 7 N–H and O–H groups in total. The molecule has 1 aromatic heterocycles. The summed E-state index contributed by atoms with van der Waals surface area (Å²) in [5.41, 5.74) is -0.291. The van der Waals surface area contributed by atoms with Crippen LogP contribution in [0.1, 0.15) is 186 Å². The van der Waals surface area contributed by atoms with Gasteiger partial charge < -0.3 is 75.5 Å². The quantitative estimate of drug-likeness (QED) is 0.0840. The number of carbonyl (C=O) groups is 12. The molecule has 0 aliphatic carbocycles. The second-order valence-corrected chi connectivity index (χ2v) is 31.9. The average molecular weight is 1510 g/mol. The smallest absolute Gasteiger partial charge is 0.391 e. The van der Waals surface area contributed by atoms with Crippen LogP contribution in [0.15, 0.2) is 39.6 Å². The average Bonchev–Trinajstić information content (AvgIpc) is 1.07. The van der Waals surface area contributed by atoms with E-state index < -0.39 is 182 Å². The first-order valence-corrected chi connectivity index (χ1v) is 38.0. The van der Waals surface area contributed by atoms with Crippen LogP contribution in [0.2, 0.25) is 0 Å². The lowest BCUT2D eigenvalue weighted by Gasteiger charge is -2.38. The zero-order valence-corrected chi connectivity index (χ0v) is 67.1. The number of likely N-dealkylation sites (N-methyl/N-ethyl adjacent to an activating group) is 5. The van der Waals surface area contributed by atoms with Crippen LogP contribution in [0.4, 0.5) is 0 Å². The molecule has 4 rings (SSSR count). The summed E-state index contributed by atoms with van der Waals surface area (Å²) in [4.78, 5) is 205. The van der Waals surface area contributed by atoms with Crippen LogP contribution in [0, 0.1) is 29.6 Å². The predicted molar refractivity (Wildman–Crippen MR) is 401 cm³/mol. The van der Waals surface area contributed by atoms with E-state index >= 15 is 43.2 Å². The Morgan fingerprint density at radius 2 is 1.03 bits per heavy atom. The second kappa shape index (κ2) is 43.0. The number of likely N-dealkylation sites (tertiary alicyclic amines) is 1. The minimum atomic E-state index is -1.73. The molecule has 2 fully saturated rings. The van der Waals surface area contributed by atoms with E-state index in [0.717, 1.165) is 16.2 Å². The molecule has 2 aliphatic rings. The van der Waals surface area contributed by atoms with E-state index in [1.165, 1.54) is 61.8 Å². The van der Waals surface area contributed by atoms with Crippen molar-refractivity contribution in [2.45, 2.75) is 260 Å². The molecule has 2 saturated heterocycles. The van der Waals surface area contributed by atoms with Crippen LogP contribution in [0.3, 0.4) is 0 Å². The molecule has 3 heterocycles. The van der Waals surface area contributed by atoms with Gasteiger partial charge in [-0.05, 0) is 121 Å². The third kappa shape index (κ3) is 28.6. The highest BCUT2D eigenvalue weighted by Crippen LogP contribution is 2.24. The fraction of sp³-hybridized carbons (Fsp3) is 0.737. The Morgan fingerprint density at radius 3 is 1.53 bits per heavy atom. The number of H-pyrrole nitrogens is 1. The monoisotopic (exact) mass is 1510 g/mol. The van der Waals surface area contributed by atoms with E-state index in [1.54, 1.807) is 69.9 Å².